The van der Waals surface area contributed by atoms with Crippen LogP contribution in [0.3, 0.4) is 0 Å². The second kappa shape index (κ2) is 14.7. The highest BCUT2D eigenvalue weighted by Crippen LogP contribution is 2.25. The summed E-state index contributed by atoms with van der Waals surface area (Å²) in [7, 11) is -3.61. The van der Waals surface area contributed by atoms with Gasteiger partial charge in [0.1, 0.15) is 6.04 Å². The maximum atomic E-state index is 13.8. The SMILES string of the molecule is CCNC(=O)[C@@H](Cc1ccccc1)N(Cc1ccc(Cl)c(Cl)c1)C(=O)CCCN(c1ccc(Cl)cc1)S(C)(=O)=O. The number of nitrogens with zero attached hydrogens (tertiary/aromatic N) is 2. The van der Waals surface area contributed by atoms with Gasteiger partial charge < -0.3 is 10.2 Å². The lowest BCUT2D eigenvalue weighted by Gasteiger charge is -2.32. The van der Waals surface area contributed by atoms with Crippen LogP contribution in [0.25, 0.3) is 0 Å². The van der Waals surface area contributed by atoms with E-state index in [9.17, 15) is 18.0 Å². The lowest BCUT2D eigenvalue weighted by molar-refractivity contribution is -0.141. The first-order valence-electron chi connectivity index (χ1n) is 12.8. The van der Waals surface area contributed by atoms with E-state index >= 15 is 0 Å². The summed E-state index contributed by atoms with van der Waals surface area (Å²) >= 11 is 18.3. The van der Waals surface area contributed by atoms with Gasteiger partial charge in [0.25, 0.3) is 0 Å². The lowest BCUT2D eigenvalue weighted by atomic mass is 10.0. The second-order valence-electron chi connectivity index (χ2n) is 9.29. The van der Waals surface area contributed by atoms with Crippen LogP contribution in [-0.4, -0.2) is 50.5 Å². The fourth-order valence-electron chi connectivity index (χ4n) is 4.29. The van der Waals surface area contributed by atoms with Crippen LogP contribution in [0.2, 0.25) is 15.1 Å². The second-order valence-corrected chi connectivity index (χ2v) is 12.4. The van der Waals surface area contributed by atoms with Crippen LogP contribution < -0.4 is 9.62 Å². The van der Waals surface area contributed by atoms with E-state index in [2.05, 4.69) is 5.32 Å². The van der Waals surface area contributed by atoms with Crippen molar-refractivity contribution in [1.29, 1.82) is 0 Å². The molecule has 11 heteroatoms. The molecule has 0 aromatic heterocycles. The van der Waals surface area contributed by atoms with Crippen molar-refractivity contribution < 1.29 is 18.0 Å². The quantitative estimate of drug-likeness (QED) is 0.254. The van der Waals surface area contributed by atoms with Crippen molar-refractivity contribution in [3.05, 3.63) is 99.0 Å². The third kappa shape index (κ3) is 9.13. The number of halogens is 3. The molecule has 0 aliphatic carbocycles. The minimum absolute atomic E-state index is 0.0195. The highest BCUT2D eigenvalue weighted by atomic mass is 35.5. The average molecular weight is 625 g/mol. The molecule has 1 atom stereocenters. The van der Waals surface area contributed by atoms with E-state index in [0.29, 0.717) is 39.3 Å². The van der Waals surface area contributed by atoms with Gasteiger partial charge in [-0.2, -0.15) is 0 Å². The van der Waals surface area contributed by atoms with Crippen LogP contribution in [0.5, 0.6) is 0 Å². The molecule has 0 fully saturated rings. The van der Waals surface area contributed by atoms with E-state index in [1.165, 1.54) is 9.21 Å². The third-order valence-electron chi connectivity index (χ3n) is 6.23. The summed E-state index contributed by atoms with van der Waals surface area (Å²) in [6, 6.07) is 20.2. The largest absolute Gasteiger partial charge is 0.355 e. The molecule has 1 N–H and O–H groups in total. The summed E-state index contributed by atoms with van der Waals surface area (Å²) in [6.07, 6.45) is 1.68. The molecule has 7 nitrogen and oxygen atoms in total. The zero-order valence-corrected chi connectivity index (χ0v) is 25.4. The van der Waals surface area contributed by atoms with Crippen LogP contribution in [0.4, 0.5) is 5.69 Å². The lowest BCUT2D eigenvalue weighted by Crippen LogP contribution is -2.50. The Hall–Kier alpha value is -2.78. The van der Waals surface area contributed by atoms with Gasteiger partial charge in [-0.1, -0.05) is 71.2 Å². The number of hydrogen-bond acceptors (Lipinski definition) is 4. The molecule has 0 aliphatic heterocycles. The number of hydrogen-bond donors (Lipinski definition) is 1. The molecule has 0 saturated carbocycles. The first kappa shape index (κ1) is 31.7. The molecule has 0 heterocycles. The van der Waals surface area contributed by atoms with Crippen LogP contribution in [0, 0.1) is 0 Å². The highest BCUT2D eigenvalue weighted by molar-refractivity contribution is 7.92. The molecule has 0 aliphatic rings. The summed E-state index contributed by atoms with van der Waals surface area (Å²) in [6.45, 7) is 2.43. The van der Waals surface area contributed by atoms with Gasteiger partial charge in [-0.3, -0.25) is 13.9 Å². The maximum Gasteiger partial charge on any atom is 0.243 e. The number of likely N-dealkylation sites (N-methyl/N-ethyl adjacent to an activating group) is 1. The summed E-state index contributed by atoms with van der Waals surface area (Å²) in [5.41, 5.74) is 2.07. The minimum atomic E-state index is -3.61. The number of anilines is 1. The van der Waals surface area contributed by atoms with Crippen molar-refractivity contribution in [3.8, 4) is 0 Å². The van der Waals surface area contributed by atoms with Crippen molar-refractivity contribution >= 4 is 62.3 Å². The molecule has 0 radical (unpaired) electrons. The molecule has 214 valence electrons. The maximum absolute atomic E-state index is 13.8. The molecule has 3 rings (SSSR count). The van der Waals surface area contributed by atoms with Crippen molar-refractivity contribution in [3.63, 3.8) is 0 Å². The molecular formula is C29H32Cl3N3O4S. The summed E-state index contributed by atoms with van der Waals surface area (Å²) in [4.78, 5) is 28.6. The van der Waals surface area contributed by atoms with Gasteiger partial charge in [0.05, 0.1) is 22.0 Å². The molecular weight excluding hydrogens is 593 g/mol. The van der Waals surface area contributed by atoms with Gasteiger partial charge in [-0.25, -0.2) is 8.42 Å². The van der Waals surface area contributed by atoms with Gasteiger partial charge in [0.2, 0.25) is 21.8 Å². The smallest absolute Gasteiger partial charge is 0.243 e. The first-order chi connectivity index (χ1) is 19.0. The van der Waals surface area contributed by atoms with Gasteiger partial charge in [0, 0.05) is 37.5 Å². The standard InChI is InChI=1S/C29H32Cl3N3O4S/c1-3-33-29(37)27(19-21-8-5-4-6-9-21)34(20-22-11-16-25(31)26(32)18-22)28(36)10-7-17-35(40(2,38)39)24-14-12-23(30)13-15-24/h4-6,8-9,11-16,18,27H,3,7,10,17,19-20H2,1-2H3,(H,33,37)/t27-/m1/s1. The van der Waals surface area contributed by atoms with Gasteiger partial charge in [0.15, 0.2) is 0 Å². The van der Waals surface area contributed by atoms with Gasteiger partial charge in [-0.05, 0) is 60.9 Å². The van der Waals surface area contributed by atoms with Crippen LogP contribution in [0.15, 0.2) is 72.8 Å². The average Bonchev–Trinajstić information content (AvgIpc) is 2.91. The molecule has 0 saturated heterocycles. The number of amides is 2. The van der Waals surface area contributed by atoms with E-state index in [4.69, 9.17) is 34.8 Å². The minimum Gasteiger partial charge on any atom is -0.355 e. The third-order valence-corrected chi connectivity index (χ3v) is 8.41. The van der Waals surface area contributed by atoms with Crippen molar-refractivity contribution in [2.75, 3.05) is 23.7 Å². The Bertz CT molecular complexity index is 1400. The predicted molar refractivity (Wildman–Crippen MR) is 163 cm³/mol. The van der Waals surface area contributed by atoms with Crippen molar-refractivity contribution in [2.24, 2.45) is 0 Å². The fraction of sp³-hybridized carbons (Fsp3) is 0.310. The number of carbonyl (C=O) groups is 2. The number of sulfonamides is 1. The monoisotopic (exact) mass is 623 g/mol. The normalized spacial score (nSPS) is 12.0. The molecule has 2 amide bonds. The van der Waals surface area contributed by atoms with E-state index in [1.54, 1.807) is 42.5 Å². The van der Waals surface area contributed by atoms with E-state index in [-0.39, 0.29) is 37.7 Å². The Morgan fingerprint density at radius 3 is 2.17 bits per heavy atom. The predicted octanol–water partition coefficient (Wildman–Crippen LogP) is 5.97. The van der Waals surface area contributed by atoms with Gasteiger partial charge in [-0.15, -0.1) is 0 Å². The topological polar surface area (TPSA) is 86.8 Å². The van der Waals surface area contributed by atoms with Crippen LogP contribution in [-0.2, 0) is 32.6 Å². The molecule has 40 heavy (non-hydrogen) atoms. The zero-order valence-electron chi connectivity index (χ0n) is 22.3. The Labute approximate surface area is 251 Å². The zero-order chi connectivity index (χ0) is 29.3. The van der Waals surface area contributed by atoms with Crippen molar-refractivity contribution in [2.45, 2.75) is 38.8 Å². The van der Waals surface area contributed by atoms with Gasteiger partial charge >= 0.3 is 0 Å². The molecule has 0 unspecified atom stereocenters. The molecule has 0 spiro atoms. The van der Waals surface area contributed by atoms with E-state index in [0.717, 1.165) is 11.8 Å². The molecule has 3 aromatic rings. The van der Waals surface area contributed by atoms with Crippen LogP contribution in [0.1, 0.15) is 30.9 Å². The van der Waals surface area contributed by atoms with E-state index in [1.807, 2.05) is 37.3 Å². The Balaban J connectivity index is 1.87. The summed E-state index contributed by atoms with van der Waals surface area (Å²) in [5.74, 6) is -0.568. The molecule has 0 bridgehead atoms. The highest BCUT2D eigenvalue weighted by Gasteiger charge is 2.30. The fourth-order valence-corrected chi connectivity index (χ4v) is 5.70. The Morgan fingerprint density at radius 1 is 0.900 bits per heavy atom. The van der Waals surface area contributed by atoms with Crippen molar-refractivity contribution in [1.82, 2.24) is 10.2 Å². The summed E-state index contributed by atoms with van der Waals surface area (Å²) < 4.78 is 26.3. The molecule has 3 aromatic carbocycles. The number of benzene rings is 3. The van der Waals surface area contributed by atoms with Crippen LogP contribution >= 0.6 is 34.8 Å². The Kier molecular flexibility index (Phi) is 11.7. The number of carbonyl (C=O) groups excluding carboxylic acids is 2. The first-order valence-corrected chi connectivity index (χ1v) is 15.8. The number of nitrogens with one attached hydrogen (secondary N) is 1. The Morgan fingerprint density at radius 2 is 1.57 bits per heavy atom. The number of rotatable bonds is 13. The summed E-state index contributed by atoms with van der Waals surface area (Å²) in [5, 5.41) is 4.06. The van der Waals surface area contributed by atoms with E-state index < -0.39 is 16.1 Å².